The van der Waals surface area contributed by atoms with E-state index in [1.165, 1.54) is 0 Å². The highest BCUT2D eigenvalue weighted by molar-refractivity contribution is 7.52. The number of ketones is 1. The maximum absolute atomic E-state index is 11.0. The Balaban J connectivity index is 3.41. The van der Waals surface area contributed by atoms with Crippen LogP contribution in [0, 0.1) is 0 Å². The van der Waals surface area contributed by atoms with Gasteiger partial charge in [-0.2, -0.15) is 0 Å². The van der Waals surface area contributed by atoms with Gasteiger partial charge in [-0.25, -0.2) is 0 Å². The van der Waals surface area contributed by atoms with Gasteiger partial charge >= 0.3 is 7.60 Å². The molecule has 0 bridgehead atoms. The lowest BCUT2D eigenvalue weighted by molar-refractivity contribution is -0.117. The van der Waals surface area contributed by atoms with Crippen LogP contribution in [0.15, 0.2) is 0 Å². The summed E-state index contributed by atoms with van der Waals surface area (Å²) in [5, 5.41) is 0. The zero-order valence-electron chi connectivity index (χ0n) is 8.61. The van der Waals surface area contributed by atoms with Crippen LogP contribution in [-0.4, -0.2) is 21.7 Å². The number of Topliss-reactive ketones (excluding diaryl/α,β-unsaturated/α-hetero) is 1. The van der Waals surface area contributed by atoms with Gasteiger partial charge < -0.3 is 9.79 Å². The van der Waals surface area contributed by atoms with Gasteiger partial charge in [-0.3, -0.25) is 9.36 Å². The summed E-state index contributed by atoms with van der Waals surface area (Å²) in [6.45, 7) is 2.11. The van der Waals surface area contributed by atoms with Gasteiger partial charge in [0.1, 0.15) is 11.9 Å². The van der Waals surface area contributed by atoms with E-state index in [1.807, 2.05) is 0 Å². The fraction of sp³-hybridized carbons (Fsp3) is 0.889. The van der Waals surface area contributed by atoms with E-state index in [1.54, 1.807) is 0 Å². The lowest BCUT2D eigenvalue weighted by Gasteiger charge is -2.02. The van der Waals surface area contributed by atoms with Crippen molar-refractivity contribution in [2.75, 3.05) is 6.16 Å². The van der Waals surface area contributed by atoms with Crippen LogP contribution < -0.4 is 0 Å². The van der Waals surface area contributed by atoms with E-state index in [2.05, 4.69) is 6.92 Å². The van der Waals surface area contributed by atoms with Crippen molar-refractivity contribution < 1.29 is 19.1 Å². The quantitative estimate of drug-likeness (QED) is 0.487. The molecule has 4 nitrogen and oxygen atoms in total. The Morgan fingerprint density at radius 3 is 2.21 bits per heavy atom. The molecule has 14 heavy (non-hydrogen) atoms. The highest BCUT2D eigenvalue weighted by atomic mass is 31.2. The molecule has 0 saturated heterocycles. The maximum Gasteiger partial charge on any atom is 0.332 e. The van der Waals surface area contributed by atoms with Crippen molar-refractivity contribution in [2.45, 2.75) is 45.4 Å². The summed E-state index contributed by atoms with van der Waals surface area (Å²) in [6, 6.07) is 0. The Kier molecular flexibility index (Phi) is 7.06. The van der Waals surface area contributed by atoms with E-state index in [4.69, 9.17) is 9.79 Å². The van der Waals surface area contributed by atoms with Gasteiger partial charge in [0.2, 0.25) is 0 Å². The molecule has 2 N–H and O–H groups in total. The van der Waals surface area contributed by atoms with Gasteiger partial charge in [0.05, 0.1) is 0 Å². The molecular formula is C9H19O4P. The zero-order chi connectivity index (χ0) is 11.0. The third kappa shape index (κ3) is 9.90. The van der Waals surface area contributed by atoms with Crippen LogP contribution in [0.3, 0.4) is 0 Å². The Morgan fingerprint density at radius 2 is 1.71 bits per heavy atom. The molecule has 0 aromatic carbocycles. The number of rotatable bonds is 8. The summed E-state index contributed by atoms with van der Waals surface area (Å²) in [7, 11) is -4.13. The molecule has 0 aliphatic rings. The molecule has 0 atom stereocenters. The van der Waals surface area contributed by atoms with Crippen LogP contribution in [-0.2, 0) is 9.36 Å². The molecule has 0 spiro atoms. The van der Waals surface area contributed by atoms with Crippen molar-refractivity contribution >= 4 is 13.4 Å². The Hall–Kier alpha value is -0.180. The molecule has 0 aliphatic carbocycles. The minimum absolute atomic E-state index is 0.300. The number of hydrogen-bond donors (Lipinski definition) is 2. The van der Waals surface area contributed by atoms with Crippen molar-refractivity contribution in [1.82, 2.24) is 0 Å². The average Bonchev–Trinajstić information content (AvgIpc) is 2.00. The number of carbonyl (C=O) groups is 1. The Morgan fingerprint density at radius 1 is 1.14 bits per heavy atom. The van der Waals surface area contributed by atoms with Gasteiger partial charge in [-0.15, -0.1) is 0 Å². The largest absolute Gasteiger partial charge is 0.332 e. The van der Waals surface area contributed by atoms with Gasteiger partial charge in [0.25, 0.3) is 0 Å². The van der Waals surface area contributed by atoms with E-state index in [0.717, 1.165) is 32.1 Å². The first-order valence-corrected chi connectivity index (χ1v) is 6.81. The van der Waals surface area contributed by atoms with Crippen LogP contribution in [0.2, 0.25) is 0 Å². The molecule has 0 radical (unpaired) electrons. The lowest BCUT2D eigenvalue weighted by Crippen LogP contribution is -2.04. The number of hydrogen-bond acceptors (Lipinski definition) is 2. The summed E-state index contributed by atoms with van der Waals surface area (Å²) < 4.78 is 10.5. The monoisotopic (exact) mass is 222 g/mol. The van der Waals surface area contributed by atoms with Crippen molar-refractivity contribution in [3.63, 3.8) is 0 Å². The van der Waals surface area contributed by atoms with Gasteiger partial charge in [0.15, 0.2) is 0 Å². The first kappa shape index (κ1) is 13.8. The smallest absolute Gasteiger partial charge is 0.324 e. The Labute approximate surface area is 84.9 Å². The van der Waals surface area contributed by atoms with E-state index in [0.29, 0.717) is 6.42 Å². The lowest BCUT2D eigenvalue weighted by atomic mass is 10.1. The molecule has 0 amide bonds. The van der Waals surface area contributed by atoms with Gasteiger partial charge in [0, 0.05) is 6.42 Å². The SMILES string of the molecule is CCCCCCCC(=O)CP(=O)(O)O. The van der Waals surface area contributed by atoms with Crippen molar-refractivity contribution in [1.29, 1.82) is 0 Å². The third-order valence-electron chi connectivity index (χ3n) is 1.94. The molecule has 0 aromatic rings. The first-order chi connectivity index (χ1) is 6.45. The second-order valence-electron chi connectivity index (χ2n) is 3.53. The van der Waals surface area contributed by atoms with Crippen molar-refractivity contribution in [3.8, 4) is 0 Å². The summed E-state index contributed by atoms with van der Waals surface area (Å²) in [5.74, 6) is -0.324. The second-order valence-corrected chi connectivity index (χ2v) is 5.17. The highest BCUT2D eigenvalue weighted by Crippen LogP contribution is 2.34. The minimum atomic E-state index is -4.13. The van der Waals surface area contributed by atoms with Gasteiger partial charge in [-0.1, -0.05) is 32.6 Å². The van der Waals surface area contributed by atoms with E-state index >= 15 is 0 Å². The third-order valence-corrected chi connectivity index (χ3v) is 2.71. The molecule has 0 unspecified atom stereocenters. The van der Waals surface area contributed by atoms with Gasteiger partial charge in [-0.05, 0) is 6.42 Å². The van der Waals surface area contributed by atoms with Crippen LogP contribution >= 0.6 is 7.60 Å². The molecule has 0 saturated carbocycles. The highest BCUT2D eigenvalue weighted by Gasteiger charge is 2.17. The number of carbonyl (C=O) groups excluding carboxylic acids is 1. The summed E-state index contributed by atoms with van der Waals surface area (Å²) in [5.41, 5.74) is 0. The molecule has 0 heterocycles. The number of unbranched alkanes of at least 4 members (excludes halogenated alkanes) is 4. The normalized spacial score (nSPS) is 11.6. The molecule has 84 valence electrons. The second kappa shape index (κ2) is 7.16. The predicted molar refractivity (Wildman–Crippen MR) is 55.3 cm³/mol. The van der Waals surface area contributed by atoms with E-state index in [9.17, 15) is 9.36 Å². The molecule has 0 aliphatic heterocycles. The average molecular weight is 222 g/mol. The molecular weight excluding hydrogens is 203 g/mol. The van der Waals surface area contributed by atoms with Crippen LogP contribution in [0.1, 0.15) is 45.4 Å². The minimum Gasteiger partial charge on any atom is -0.324 e. The summed E-state index contributed by atoms with van der Waals surface area (Å²) in [6.07, 6.45) is 4.83. The molecule has 0 aromatic heterocycles. The van der Waals surface area contributed by atoms with Crippen LogP contribution in [0.25, 0.3) is 0 Å². The fourth-order valence-electron chi connectivity index (χ4n) is 1.23. The molecule has 0 rings (SSSR count). The van der Waals surface area contributed by atoms with E-state index < -0.39 is 13.8 Å². The molecule has 5 heteroatoms. The van der Waals surface area contributed by atoms with Crippen molar-refractivity contribution in [3.05, 3.63) is 0 Å². The Bertz CT molecular complexity index is 209. The van der Waals surface area contributed by atoms with E-state index in [-0.39, 0.29) is 5.78 Å². The standard InChI is InChI=1S/C9H19O4P/c1-2-3-4-5-6-7-9(10)8-14(11,12)13/h2-8H2,1H3,(H2,11,12,13). The summed E-state index contributed by atoms with van der Waals surface area (Å²) >= 11 is 0. The predicted octanol–water partition coefficient (Wildman–Crippen LogP) is 2.09. The zero-order valence-corrected chi connectivity index (χ0v) is 9.50. The van der Waals surface area contributed by atoms with Crippen LogP contribution in [0.4, 0.5) is 0 Å². The first-order valence-electron chi connectivity index (χ1n) is 5.02. The molecule has 0 fully saturated rings. The topological polar surface area (TPSA) is 74.6 Å². The maximum atomic E-state index is 11.0. The van der Waals surface area contributed by atoms with Crippen LogP contribution in [0.5, 0.6) is 0 Å². The fourth-order valence-corrected chi connectivity index (χ4v) is 1.85. The summed E-state index contributed by atoms with van der Waals surface area (Å²) in [4.78, 5) is 28.0. The van der Waals surface area contributed by atoms with Crippen molar-refractivity contribution in [2.24, 2.45) is 0 Å².